The molecule has 2 rings (SSSR count). The predicted molar refractivity (Wildman–Crippen MR) is 64.0 cm³/mol. The minimum absolute atomic E-state index is 0.338. The molecule has 2 heterocycles. The highest BCUT2D eigenvalue weighted by atomic mass is 32.2. The molecule has 0 bridgehead atoms. The van der Waals surface area contributed by atoms with Gasteiger partial charge in [0, 0.05) is 6.20 Å². The van der Waals surface area contributed by atoms with Gasteiger partial charge >= 0.3 is 5.97 Å². The molecule has 0 saturated heterocycles. The summed E-state index contributed by atoms with van der Waals surface area (Å²) in [7, 11) is 1.37. The van der Waals surface area contributed by atoms with Gasteiger partial charge in [0.1, 0.15) is 5.03 Å². The topological polar surface area (TPSA) is 39.2 Å². The summed E-state index contributed by atoms with van der Waals surface area (Å²) in [6.45, 7) is 0. The molecule has 0 aliphatic heterocycles. The molecule has 0 spiro atoms. The van der Waals surface area contributed by atoms with Gasteiger partial charge in [-0.05, 0) is 23.6 Å². The van der Waals surface area contributed by atoms with E-state index in [1.807, 2.05) is 17.5 Å². The first-order valence-electron chi connectivity index (χ1n) is 4.55. The highest BCUT2D eigenvalue weighted by Crippen LogP contribution is 2.30. The lowest BCUT2D eigenvalue weighted by atomic mass is 10.3. The number of esters is 1. The third-order valence-electron chi connectivity index (χ3n) is 1.86. The van der Waals surface area contributed by atoms with E-state index < -0.39 is 0 Å². The van der Waals surface area contributed by atoms with Crippen LogP contribution in [0.1, 0.15) is 10.4 Å². The van der Waals surface area contributed by atoms with Crippen molar-refractivity contribution < 1.29 is 9.53 Å². The number of nitrogens with zero attached hydrogens (tertiary/aromatic N) is 1. The number of carbonyl (C=O) groups excluding carboxylic acids is 1. The van der Waals surface area contributed by atoms with Crippen LogP contribution in [0.4, 0.5) is 0 Å². The van der Waals surface area contributed by atoms with Gasteiger partial charge in [0.15, 0.2) is 0 Å². The van der Waals surface area contributed by atoms with E-state index in [-0.39, 0.29) is 5.97 Å². The van der Waals surface area contributed by atoms with Crippen LogP contribution in [-0.4, -0.2) is 18.1 Å². The predicted octanol–water partition coefficient (Wildman–Crippen LogP) is 3.08. The number of ether oxygens (including phenoxy) is 1. The zero-order valence-electron chi connectivity index (χ0n) is 8.54. The molecule has 0 unspecified atom stereocenters. The molecule has 0 aliphatic carbocycles. The molecular weight excluding hydrogens is 242 g/mol. The molecule has 0 amide bonds. The number of pyridine rings is 1. The molecule has 5 heteroatoms. The molecule has 0 saturated carbocycles. The van der Waals surface area contributed by atoms with Gasteiger partial charge in [-0.3, -0.25) is 0 Å². The van der Waals surface area contributed by atoms with Crippen molar-refractivity contribution in [1.29, 1.82) is 0 Å². The van der Waals surface area contributed by atoms with E-state index in [1.54, 1.807) is 29.7 Å². The van der Waals surface area contributed by atoms with Crippen LogP contribution in [0.3, 0.4) is 0 Å². The molecule has 0 aromatic carbocycles. The van der Waals surface area contributed by atoms with E-state index in [2.05, 4.69) is 9.72 Å². The molecule has 0 aliphatic rings. The number of aromatic nitrogens is 1. The van der Waals surface area contributed by atoms with Crippen molar-refractivity contribution >= 4 is 29.1 Å². The number of methoxy groups -OCH3 is 1. The third-order valence-corrected chi connectivity index (χ3v) is 3.83. The summed E-state index contributed by atoms with van der Waals surface area (Å²) in [4.78, 5) is 15.5. The number of thiophene rings is 1. The first kappa shape index (κ1) is 11.2. The quantitative estimate of drug-likeness (QED) is 0.786. The maximum absolute atomic E-state index is 11.3. The van der Waals surface area contributed by atoms with Gasteiger partial charge in [-0.25, -0.2) is 9.78 Å². The summed E-state index contributed by atoms with van der Waals surface area (Å²) in [5.41, 5.74) is 0.525. The lowest BCUT2D eigenvalue weighted by molar-refractivity contribution is 0.0600. The van der Waals surface area contributed by atoms with Crippen LogP contribution in [0, 0.1) is 0 Å². The molecule has 0 N–H and O–H groups in total. The second-order valence-corrected chi connectivity index (χ2v) is 5.18. The Balaban J connectivity index is 2.19. The van der Waals surface area contributed by atoms with Gasteiger partial charge in [0.2, 0.25) is 0 Å². The van der Waals surface area contributed by atoms with Crippen molar-refractivity contribution in [3.05, 3.63) is 41.4 Å². The minimum Gasteiger partial charge on any atom is -0.465 e. The Bertz CT molecular complexity index is 482. The molecule has 82 valence electrons. The maximum atomic E-state index is 11.3. The van der Waals surface area contributed by atoms with Crippen LogP contribution in [0.2, 0.25) is 0 Å². The van der Waals surface area contributed by atoms with Crippen molar-refractivity contribution in [3.8, 4) is 0 Å². The Morgan fingerprint density at radius 2 is 2.38 bits per heavy atom. The molecule has 16 heavy (non-hydrogen) atoms. The molecular formula is C11H9NO2S2. The van der Waals surface area contributed by atoms with Crippen LogP contribution < -0.4 is 0 Å². The van der Waals surface area contributed by atoms with Gasteiger partial charge in [-0.15, -0.1) is 11.3 Å². The molecule has 0 radical (unpaired) electrons. The van der Waals surface area contributed by atoms with Gasteiger partial charge < -0.3 is 4.74 Å². The summed E-state index contributed by atoms with van der Waals surface area (Å²) in [5, 5.41) is 2.80. The fourth-order valence-corrected chi connectivity index (χ4v) is 2.85. The fraction of sp³-hybridized carbons (Fsp3) is 0.0909. The van der Waals surface area contributed by atoms with E-state index in [0.29, 0.717) is 5.56 Å². The summed E-state index contributed by atoms with van der Waals surface area (Å²) in [6.07, 6.45) is 1.61. The smallest absolute Gasteiger partial charge is 0.337 e. The minimum atomic E-state index is -0.338. The van der Waals surface area contributed by atoms with Crippen LogP contribution in [0.25, 0.3) is 0 Å². The van der Waals surface area contributed by atoms with Crippen molar-refractivity contribution in [2.24, 2.45) is 0 Å². The highest BCUT2D eigenvalue weighted by molar-refractivity contribution is 8.01. The monoisotopic (exact) mass is 251 g/mol. The van der Waals surface area contributed by atoms with E-state index >= 15 is 0 Å². The molecule has 0 atom stereocenters. The molecule has 3 nitrogen and oxygen atoms in total. The zero-order chi connectivity index (χ0) is 11.4. The lowest BCUT2D eigenvalue weighted by Gasteiger charge is -2.01. The van der Waals surface area contributed by atoms with Crippen molar-refractivity contribution in [3.63, 3.8) is 0 Å². The SMILES string of the molecule is COC(=O)c1ccnc(Sc2cccs2)c1. The van der Waals surface area contributed by atoms with Gasteiger partial charge in [-0.1, -0.05) is 17.8 Å². The van der Waals surface area contributed by atoms with E-state index in [1.165, 1.54) is 18.9 Å². The second kappa shape index (κ2) is 5.14. The fourth-order valence-electron chi connectivity index (χ4n) is 1.13. The number of carbonyl (C=O) groups is 1. The average Bonchev–Trinajstić information content (AvgIpc) is 2.81. The molecule has 0 fully saturated rings. The standard InChI is InChI=1S/C11H9NO2S2/c1-14-11(13)8-4-5-12-9(7-8)16-10-3-2-6-15-10/h2-7H,1H3. The van der Waals surface area contributed by atoms with E-state index in [4.69, 9.17) is 0 Å². The van der Waals surface area contributed by atoms with Crippen LogP contribution in [-0.2, 0) is 4.74 Å². The summed E-state index contributed by atoms with van der Waals surface area (Å²) in [5.74, 6) is -0.338. The Morgan fingerprint density at radius 1 is 1.50 bits per heavy atom. The van der Waals surface area contributed by atoms with Gasteiger partial charge in [-0.2, -0.15) is 0 Å². The van der Waals surface area contributed by atoms with Gasteiger partial charge in [0.05, 0.1) is 16.9 Å². The maximum Gasteiger partial charge on any atom is 0.337 e. The van der Waals surface area contributed by atoms with Crippen molar-refractivity contribution in [2.75, 3.05) is 7.11 Å². The van der Waals surface area contributed by atoms with Crippen LogP contribution in [0.5, 0.6) is 0 Å². The normalized spacial score (nSPS) is 10.1. The summed E-state index contributed by atoms with van der Waals surface area (Å²) in [6, 6.07) is 7.37. The number of rotatable bonds is 3. The molecule has 2 aromatic heterocycles. The summed E-state index contributed by atoms with van der Waals surface area (Å²) < 4.78 is 5.80. The first-order chi connectivity index (χ1) is 7.79. The van der Waals surface area contributed by atoms with Crippen molar-refractivity contribution in [1.82, 2.24) is 4.98 Å². The second-order valence-electron chi connectivity index (χ2n) is 2.91. The Labute approximate surface area is 101 Å². The first-order valence-corrected chi connectivity index (χ1v) is 6.25. The van der Waals surface area contributed by atoms with Crippen molar-refractivity contribution in [2.45, 2.75) is 9.24 Å². The number of hydrogen-bond acceptors (Lipinski definition) is 5. The summed E-state index contributed by atoms with van der Waals surface area (Å²) >= 11 is 3.18. The average molecular weight is 251 g/mol. The molecule has 2 aromatic rings. The third kappa shape index (κ3) is 2.62. The zero-order valence-corrected chi connectivity index (χ0v) is 10.2. The Kier molecular flexibility index (Phi) is 3.58. The largest absolute Gasteiger partial charge is 0.465 e. The number of hydrogen-bond donors (Lipinski definition) is 0. The Morgan fingerprint density at radius 3 is 3.06 bits per heavy atom. The van der Waals surface area contributed by atoms with E-state index in [0.717, 1.165) is 9.24 Å². The highest BCUT2D eigenvalue weighted by Gasteiger charge is 2.07. The van der Waals surface area contributed by atoms with E-state index in [9.17, 15) is 4.79 Å². The van der Waals surface area contributed by atoms with Gasteiger partial charge in [0.25, 0.3) is 0 Å². The lowest BCUT2D eigenvalue weighted by Crippen LogP contribution is -2.01. The Hall–Kier alpha value is -1.33. The van der Waals surface area contributed by atoms with Crippen LogP contribution >= 0.6 is 23.1 Å². The van der Waals surface area contributed by atoms with Crippen LogP contribution in [0.15, 0.2) is 45.1 Å².